The number of rotatable bonds is 2. The second kappa shape index (κ2) is 4.43. The van der Waals surface area contributed by atoms with Crippen LogP contribution in [-0.2, 0) is 11.3 Å². The molecule has 0 N–H and O–H groups in total. The molecule has 0 unspecified atom stereocenters. The van der Waals surface area contributed by atoms with Gasteiger partial charge in [-0.2, -0.15) is 0 Å². The molecule has 0 amide bonds. The van der Waals surface area contributed by atoms with Gasteiger partial charge >= 0.3 is 0 Å². The quantitative estimate of drug-likeness (QED) is 0.851. The van der Waals surface area contributed by atoms with Gasteiger partial charge in [0.15, 0.2) is 0 Å². The van der Waals surface area contributed by atoms with Crippen molar-refractivity contribution in [1.82, 2.24) is 9.97 Å². The molecule has 0 aliphatic carbocycles. The smallest absolute Gasteiger partial charge is 0.103 e. The van der Waals surface area contributed by atoms with Crippen molar-refractivity contribution in [3.63, 3.8) is 0 Å². The van der Waals surface area contributed by atoms with Gasteiger partial charge in [-0.3, -0.25) is 4.98 Å². The monoisotopic (exact) mass is 286 g/mol. The molecule has 0 spiro atoms. The van der Waals surface area contributed by atoms with E-state index in [1.54, 1.807) is 25.4 Å². The second-order valence-electron chi connectivity index (χ2n) is 3.05. The molecule has 0 fully saturated rings. The average molecular weight is 288 g/mol. The fourth-order valence-electron chi connectivity index (χ4n) is 1.31. The summed E-state index contributed by atoms with van der Waals surface area (Å²) < 4.78 is 5.84. The van der Waals surface area contributed by atoms with Crippen LogP contribution in [0.4, 0.5) is 0 Å². The SMILES string of the molecule is COCc1cnc2c(Br)cc(Cl)cc2n1. The summed E-state index contributed by atoms with van der Waals surface area (Å²) in [7, 11) is 1.62. The van der Waals surface area contributed by atoms with Crippen LogP contribution in [0.3, 0.4) is 0 Å². The summed E-state index contributed by atoms with van der Waals surface area (Å²) in [4.78, 5) is 8.68. The minimum absolute atomic E-state index is 0.451. The number of hydrogen-bond acceptors (Lipinski definition) is 3. The van der Waals surface area contributed by atoms with Gasteiger partial charge in [-0.15, -0.1) is 0 Å². The summed E-state index contributed by atoms with van der Waals surface area (Å²) in [6.45, 7) is 0.451. The number of fused-ring (bicyclic) bond motifs is 1. The first-order valence-electron chi connectivity index (χ1n) is 4.30. The number of ether oxygens (including phenoxy) is 1. The molecule has 2 aromatic rings. The third-order valence-electron chi connectivity index (χ3n) is 1.91. The van der Waals surface area contributed by atoms with E-state index in [1.165, 1.54) is 0 Å². The van der Waals surface area contributed by atoms with Crippen molar-refractivity contribution in [1.29, 1.82) is 0 Å². The molecule has 1 heterocycles. The van der Waals surface area contributed by atoms with Crippen LogP contribution in [-0.4, -0.2) is 17.1 Å². The van der Waals surface area contributed by atoms with E-state index in [1.807, 2.05) is 0 Å². The Balaban J connectivity index is 2.60. The number of aromatic nitrogens is 2. The van der Waals surface area contributed by atoms with Crippen LogP contribution < -0.4 is 0 Å². The summed E-state index contributed by atoms with van der Waals surface area (Å²) in [6, 6.07) is 3.59. The van der Waals surface area contributed by atoms with Crippen LogP contribution in [0.25, 0.3) is 11.0 Å². The molecule has 1 aromatic heterocycles. The largest absolute Gasteiger partial charge is 0.378 e. The van der Waals surface area contributed by atoms with Crippen molar-refractivity contribution < 1.29 is 4.74 Å². The van der Waals surface area contributed by atoms with Gasteiger partial charge in [0, 0.05) is 16.6 Å². The fourth-order valence-corrected chi connectivity index (χ4v) is 2.20. The number of halogens is 2. The Hall–Kier alpha value is -0.710. The lowest BCUT2D eigenvalue weighted by molar-refractivity contribution is 0.181. The Morgan fingerprint density at radius 3 is 3.00 bits per heavy atom. The van der Waals surface area contributed by atoms with E-state index < -0.39 is 0 Å². The van der Waals surface area contributed by atoms with Gasteiger partial charge in [0.2, 0.25) is 0 Å². The molecular weight excluding hydrogens is 279 g/mol. The molecule has 0 radical (unpaired) electrons. The van der Waals surface area contributed by atoms with Crippen LogP contribution >= 0.6 is 27.5 Å². The van der Waals surface area contributed by atoms with Crippen LogP contribution in [0.2, 0.25) is 5.02 Å². The van der Waals surface area contributed by atoms with Gasteiger partial charge in [-0.05, 0) is 28.1 Å². The number of hydrogen-bond donors (Lipinski definition) is 0. The number of benzene rings is 1. The van der Waals surface area contributed by atoms with Crippen molar-refractivity contribution in [2.45, 2.75) is 6.61 Å². The predicted octanol–water partition coefficient (Wildman–Crippen LogP) is 3.19. The van der Waals surface area contributed by atoms with E-state index in [2.05, 4.69) is 25.9 Å². The van der Waals surface area contributed by atoms with Crippen molar-refractivity contribution >= 4 is 38.6 Å². The van der Waals surface area contributed by atoms with E-state index in [0.29, 0.717) is 11.6 Å². The minimum atomic E-state index is 0.451. The Bertz CT molecular complexity index is 504. The molecule has 2 rings (SSSR count). The molecule has 1 aromatic carbocycles. The predicted molar refractivity (Wildman–Crippen MR) is 63.0 cm³/mol. The first-order valence-corrected chi connectivity index (χ1v) is 5.47. The lowest BCUT2D eigenvalue weighted by atomic mass is 10.3. The molecule has 0 saturated heterocycles. The topological polar surface area (TPSA) is 35.0 Å². The molecule has 0 atom stereocenters. The highest BCUT2D eigenvalue weighted by Crippen LogP contribution is 2.25. The normalized spacial score (nSPS) is 10.9. The zero-order valence-corrected chi connectivity index (χ0v) is 10.3. The first-order chi connectivity index (χ1) is 7.20. The second-order valence-corrected chi connectivity index (χ2v) is 4.34. The third kappa shape index (κ3) is 2.27. The van der Waals surface area contributed by atoms with Crippen LogP contribution in [0.5, 0.6) is 0 Å². The van der Waals surface area contributed by atoms with Crippen LogP contribution in [0.1, 0.15) is 5.69 Å². The molecule has 78 valence electrons. The Morgan fingerprint density at radius 1 is 1.47 bits per heavy atom. The van der Waals surface area contributed by atoms with E-state index in [9.17, 15) is 0 Å². The van der Waals surface area contributed by atoms with Gasteiger partial charge in [-0.1, -0.05) is 11.6 Å². The van der Waals surface area contributed by atoms with Gasteiger partial charge in [0.1, 0.15) is 5.52 Å². The standard InChI is InChI=1S/C10H8BrClN2O/c1-15-5-7-4-13-10-8(11)2-6(12)3-9(10)14-7/h2-4H,5H2,1H3. The zero-order valence-electron chi connectivity index (χ0n) is 8.00. The number of methoxy groups -OCH3 is 1. The molecule has 15 heavy (non-hydrogen) atoms. The summed E-state index contributed by atoms with van der Waals surface area (Å²) in [5, 5.41) is 0.637. The highest BCUT2D eigenvalue weighted by Gasteiger charge is 2.04. The molecule has 0 aliphatic rings. The third-order valence-corrected chi connectivity index (χ3v) is 2.73. The van der Waals surface area contributed by atoms with Gasteiger partial charge in [-0.25, -0.2) is 4.98 Å². The Labute approximate surface area is 101 Å². The fraction of sp³-hybridized carbons (Fsp3) is 0.200. The molecule has 3 nitrogen and oxygen atoms in total. The van der Waals surface area contributed by atoms with Crippen LogP contribution in [0.15, 0.2) is 22.8 Å². The minimum Gasteiger partial charge on any atom is -0.378 e. The highest BCUT2D eigenvalue weighted by atomic mass is 79.9. The average Bonchev–Trinajstić information content (AvgIpc) is 2.17. The van der Waals surface area contributed by atoms with Crippen LogP contribution in [0, 0.1) is 0 Å². The van der Waals surface area contributed by atoms with Gasteiger partial charge in [0.25, 0.3) is 0 Å². The van der Waals surface area contributed by atoms with Gasteiger partial charge < -0.3 is 4.74 Å². The lowest BCUT2D eigenvalue weighted by Crippen LogP contribution is -1.95. The van der Waals surface area contributed by atoms with Gasteiger partial charge in [0.05, 0.1) is 24.0 Å². The van der Waals surface area contributed by atoms with Crippen molar-refractivity contribution in [3.05, 3.63) is 33.5 Å². The van der Waals surface area contributed by atoms with E-state index >= 15 is 0 Å². The van der Waals surface area contributed by atoms with Crippen molar-refractivity contribution in [2.75, 3.05) is 7.11 Å². The lowest BCUT2D eigenvalue weighted by Gasteiger charge is -2.03. The summed E-state index contributed by atoms with van der Waals surface area (Å²) in [5.41, 5.74) is 2.36. The summed E-state index contributed by atoms with van der Waals surface area (Å²) >= 11 is 9.32. The van der Waals surface area contributed by atoms with Crippen molar-refractivity contribution in [2.24, 2.45) is 0 Å². The van der Waals surface area contributed by atoms with E-state index in [-0.39, 0.29) is 0 Å². The molecular formula is C10H8BrClN2O. The highest BCUT2D eigenvalue weighted by molar-refractivity contribution is 9.10. The number of nitrogens with zero attached hydrogens (tertiary/aromatic N) is 2. The maximum Gasteiger partial charge on any atom is 0.103 e. The van der Waals surface area contributed by atoms with E-state index in [0.717, 1.165) is 21.2 Å². The molecule has 5 heteroatoms. The molecule has 0 aliphatic heterocycles. The first kappa shape index (κ1) is 10.8. The van der Waals surface area contributed by atoms with Crippen molar-refractivity contribution in [3.8, 4) is 0 Å². The Kier molecular flexibility index (Phi) is 3.19. The zero-order chi connectivity index (χ0) is 10.8. The summed E-state index contributed by atoms with van der Waals surface area (Å²) in [5.74, 6) is 0. The maximum absolute atomic E-state index is 5.92. The maximum atomic E-state index is 5.92. The Morgan fingerprint density at radius 2 is 2.27 bits per heavy atom. The van der Waals surface area contributed by atoms with E-state index in [4.69, 9.17) is 16.3 Å². The molecule has 0 bridgehead atoms. The summed E-state index contributed by atoms with van der Waals surface area (Å²) in [6.07, 6.45) is 1.70. The molecule has 0 saturated carbocycles.